The van der Waals surface area contributed by atoms with Crippen molar-refractivity contribution in [3.63, 3.8) is 0 Å². The highest BCUT2D eigenvalue weighted by atomic mass is 16.5. The van der Waals surface area contributed by atoms with E-state index < -0.39 is 0 Å². The van der Waals surface area contributed by atoms with Gasteiger partial charge in [-0.15, -0.1) is 0 Å². The lowest BCUT2D eigenvalue weighted by Crippen LogP contribution is -2.30. The molecule has 1 aromatic rings. The summed E-state index contributed by atoms with van der Waals surface area (Å²) in [5.41, 5.74) is 2.96. The highest BCUT2D eigenvalue weighted by Gasteiger charge is 2.33. The SMILES string of the molecule is CCCCNC(=O)Nc1ccc(C)c2c1OC(C)(C)C2. The van der Waals surface area contributed by atoms with Crippen LogP contribution in [0.4, 0.5) is 10.5 Å². The van der Waals surface area contributed by atoms with Crippen LogP contribution in [-0.4, -0.2) is 18.2 Å². The van der Waals surface area contributed by atoms with Gasteiger partial charge in [-0.25, -0.2) is 4.79 Å². The maximum absolute atomic E-state index is 11.9. The molecular weight excluding hydrogens is 252 g/mol. The Hall–Kier alpha value is -1.71. The van der Waals surface area contributed by atoms with Crippen molar-refractivity contribution < 1.29 is 9.53 Å². The summed E-state index contributed by atoms with van der Waals surface area (Å²) in [6.07, 6.45) is 2.93. The lowest BCUT2D eigenvalue weighted by molar-refractivity contribution is 0.139. The Morgan fingerprint density at radius 1 is 1.40 bits per heavy atom. The molecule has 1 heterocycles. The largest absolute Gasteiger partial charge is 0.485 e. The molecule has 0 saturated carbocycles. The quantitative estimate of drug-likeness (QED) is 0.825. The van der Waals surface area contributed by atoms with Crippen molar-refractivity contribution in [2.75, 3.05) is 11.9 Å². The van der Waals surface area contributed by atoms with E-state index in [1.54, 1.807) is 0 Å². The molecule has 0 saturated heterocycles. The van der Waals surface area contributed by atoms with Crippen LogP contribution < -0.4 is 15.4 Å². The first-order chi connectivity index (χ1) is 9.43. The van der Waals surface area contributed by atoms with Crippen molar-refractivity contribution in [1.29, 1.82) is 0 Å². The van der Waals surface area contributed by atoms with Gasteiger partial charge in [0.15, 0.2) is 0 Å². The molecule has 2 N–H and O–H groups in total. The molecule has 1 aliphatic rings. The van der Waals surface area contributed by atoms with E-state index >= 15 is 0 Å². The predicted octanol–water partition coefficient (Wildman–Crippen LogP) is 3.63. The van der Waals surface area contributed by atoms with Crippen LogP contribution in [0.3, 0.4) is 0 Å². The summed E-state index contributed by atoms with van der Waals surface area (Å²) < 4.78 is 5.99. The van der Waals surface area contributed by atoms with Crippen molar-refractivity contribution in [2.45, 2.75) is 52.6 Å². The van der Waals surface area contributed by atoms with Crippen LogP contribution >= 0.6 is 0 Å². The van der Waals surface area contributed by atoms with Gasteiger partial charge in [-0.05, 0) is 38.8 Å². The number of nitrogens with one attached hydrogen (secondary N) is 2. The third-order valence-electron chi connectivity index (χ3n) is 3.54. The molecule has 1 aromatic carbocycles. The van der Waals surface area contributed by atoms with Gasteiger partial charge in [0.05, 0.1) is 5.69 Å². The number of rotatable bonds is 4. The number of unbranched alkanes of at least 4 members (excludes halogenated alkanes) is 1. The van der Waals surface area contributed by atoms with E-state index in [-0.39, 0.29) is 11.6 Å². The fraction of sp³-hybridized carbons (Fsp3) is 0.562. The summed E-state index contributed by atoms with van der Waals surface area (Å²) in [4.78, 5) is 11.9. The number of urea groups is 1. The van der Waals surface area contributed by atoms with E-state index in [4.69, 9.17) is 4.74 Å². The fourth-order valence-corrected chi connectivity index (χ4v) is 2.44. The van der Waals surface area contributed by atoms with E-state index in [0.717, 1.165) is 30.7 Å². The molecule has 0 radical (unpaired) electrons. The monoisotopic (exact) mass is 276 g/mol. The molecule has 0 bridgehead atoms. The summed E-state index contributed by atoms with van der Waals surface area (Å²) in [7, 11) is 0. The number of hydrogen-bond donors (Lipinski definition) is 2. The van der Waals surface area contributed by atoms with Gasteiger partial charge in [0.25, 0.3) is 0 Å². The van der Waals surface area contributed by atoms with Crippen LogP contribution in [0, 0.1) is 6.92 Å². The highest BCUT2D eigenvalue weighted by Crippen LogP contribution is 2.42. The van der Waals surface area contributed by atoms with Crippen molar-refractivity contribution in [3.05, 3.63) is 23.3 Å². The van der Waals surface area contributed by atoms with Gasteiger partial charge in [0, 0.05) is 18.5 Å². The van der Waals surface area contributed by atoms with Crippen LogP contribution in [0.5, 0.6) is 5.75 Å². The number of carbonyl (C=O) groups excluding carboxylic acids is 1. The molecule has 0 aliphatic carbocycles. The maximum Gasteiger partial charge on any atom is 0.319 e. The lowest BCUT2D eigenvalue weighted by Gasteiger charge is -2.18. The second-order valence-electron chi connectivity index (χ2n) is 6.01. The number of aryl methyl sites for hydroxylation is 1. The minimum absolute atomic E-state index is 0.169. The van der Waals surface area contributed by atoms with E-state index in [2.05, 4.69) is 38.3 Å². The summed E-state index contributed by atoms with van der Waals surface area (Å²) >= 11 is 0. The Labute approximate surface area is 120 Å². The average molecular weight is 276 g/mol. The molecule has 110 valence electrons. The first-order valence-corrected chi connectivity index (χ1v) is 7.29. The first-order valence-electron chi connectivity index (χ1n) is 7.29. The third kappa shape index (κ3) is 3.24. The third-order valence-corrected chi connectivity index (χ3v) is 3.54. The zero-order valence-electron chi connectivity index (χ0n) is 12.8. The summed E-state index contributed by atoms with van der Waals surface area (Å²) in [5.74, 6) is 0.820. The topological polar surface area (TPSA) is 50.4 Å². The van der Waals surface area contributed by atoms with Gasteiger partial charge in [-0.3, -0.25) is 0 Å². The number of hydrogen-bond acceptors (Lipinski definition) is 2. The molecule has 0 atom stereocenters. The van der Waals surface area contributed by atoms with Gasteiger partial charge in [-0.2, -0.15) is 0 Å². The summed E-state index contributed by atoms with van der Waals surface area (Å²) in [6, 6.07) is 3.78. The molecule has 0 spiro atoms. The van der Waals surface area contributed by atoms with Crippen molar-refractivity contribution >= 4 is 11.7 Å². The zero-order valence-corrected chi connectivity index (χ0v) is 12.8. The van der Waals surface area contributed by atoms with Crippen molar-refractivity contribution in [1.82, 2.24) is 5.32 Å². The van der Waals surface area contributed by atoms with Gasteiger partial charge in [0.2, 0.25) is 0 Å². The summed E-state index contributed by atoms with van der Waals surface area (Å²) in [6.45, 7) is 9.01. The second-order valence-corrected chi connectivity index (χ2v) is 6.01. The molecule has 2 amide bonds. The summed E-state index contributed by atoms with van der Waals surface area (Å²) in [5, 5.41) is 5.74. The van der Waals surface area contributed by atoms with E-state index in [0.29, 0.717) is 6.54 Å². The van der Waals surface area contributed by atoms with Crippen LogP contribution in [-0.2, 0) is 6.42 Å². The predicted molar refractivity (Wildman–Crippen MR) is 81.5 cm³/mol. The molecule has 0 aromatic heterocycles. The van der Waals surface area contributed by atoms with E-state index in [9.17, 15) is 4.79 Å². The Kier molecular flexibility index (Phi) is 4.21. The Balaban J connectivity index is 2.11. The van der Waals surface area contributed by atoms with Crippen molar-refractivity contribution in [2.24, 2.45) is 0 Å². The number of benzene rings is 1. The zero-order chi connectivity index (χ0) is 14.8. The molecule has 0 unspecified atom stereocenters. The average Bonchev–Trinajstić information content (AvgIpc) is 2.70. The standard InChI is InChI=1S/C16H24N2O2/c1-5-6-9-17-15(19)18-13-8-7-11(2)12-10-16(3,4)20-14(12)13/h7-8H,5-6,9-10H2,1-4H3,(H2,17,18,19). The molecule has 20 heavy (non-hydrogen) atoms. The fourth-order valence-electron chi connectivity index (χ4n) is 2.44. The van der Waals surface area contributed by atoms with Gasteiger partial charge in [0.1, 0.15) is 11.4 Å². The second kappa shape index (κ2) is 5.73. The normalized spacial score (nSPS) is 15.4. The Morgan fingerprint density at radius 2 is 2.15 bits per heavy atom. The van der Waals surface area contributed by atoms with E-state index in [1.807, 2.05) is 12.1 Å². The van der Waals surface area contributed by atoms with E-state index in [1.165, 1.54) is 11.1 Å². The van der Waals surface area contributed by atoms with Crippen LogP contribution in [0.15, 0.2) is 12.1 Å². The molecule has 4 nitrogen and oxygen atoms in total. The van der Waals surface area contributed by atoms with Crippen molar-refractivity contribution in [3.8, 4) is 5.75 Å². The number of anilines is 1. The van der Waals surface area contributed by atoms with Crippen LogP contribution in [0.1, 0.15) is 44.7 Å². The van der Waals surface area contributed by atoms with Crippen LogP contribution in [0.25, 0.3) is 0 Å². The van der Waals surface area contributed by atoms with Gasteiger partial charge >= 0.3 is 6.03 Å². The number of carbonyl (C=O) groups is 1. The maximum atomic E-state index is 11.9. The molecular formula is C16H24N2O2. The number of ether oxygens (including phenoxy) is 1. The Bertz CT molecular complexity index is 509. The highest BCUT2D eigenvalue weighted by molar-refractivity contribution is 5.91. The van der Waals surface area contributed by atoms with Gasteiger partial charge < -0.3 is 15.4 Å². The molecule has 0 fully saturated rings. The lowest BCUT2D eigenvalue weighted by atomic mass is 9.98. The Morgan fingerprint density at radius 3 is 2.85 bits per heavy atom. The number of fused-ring (bicyclic) bond motifs is 1. The minimum Gasteiger partial charge on any atom is -0.485 e. The molecule has 4 heteroatoms. The minimum atomic E-state index is -0.205. The molecule has 2 rings (SSSR count). The van der Waals surface area contributed by atoms with Gasteiger partial charge in [-0.1, -0.05) is 19.4 Å². The molecule has 1 aliphatic heterocycles. The first kappa shape index (κ1) is 14.7. The smallest absolute Gasteiger partial charge is 0.319 e. The van der Waals surface area contributed by atoms with Crippen LogP contribution in [0.2, 0.25) is 0 Å². The number of amides is 2.